The van der Waals surface area contributed by atoms with Gasteiger partial charge in [-0.25, -0.2) is 0 Å². The molecule has 6 nitrogen and oxygen atoms in total. The number of hydrogen-bond donors (Lipinski definition) is 3. The van der Waals surface area contributed by atoms with Crippen LogP contribution >= 0.6 is 0 Å². The number of benzene rings is 2. The number of nitrogens with zero attached hydrogens (tertiary/aromatic N) is 1. The van der Waals surface area contributed by atoms with Crippen molar-refractivity contribution in [3.8, 4) is 0 Å². The van der Waals surface area contributed by atoms with Crippen molar-refractivity contribution in [1.29, 1.82) is 0 Å². The molecule has 1 aliphatic rings. The van der Waals surface area contributed by atoms with Gasteiger partial charge >= 0.3 is 0 Å². The molecular weight excluding hydrogens is 388 g/mol. The molecule has 0 saturated carbocycles. The molecule has 0 bridgehead atoms. The van der Waals surface area contributed by atoms with Crippen molar-refractivity contribution in [2.45, 2.75) is 27.3 Å². The predicted molar refractivity (Wildman–Crippen MR) is 123 cm³/mol. The molecule has 1 heterocycles. The topological polar surface area (TPSA) is 58.3 Å². The van der Waals surface area contributed by atoms with E-state index >= 15 is 0 Å². The Hall–Kier alpha value is -2.70. The van der Waals surface area contributed by atoms with Crippen LogP contribution in [0.3, 0.4) is 0 Å². The van der Waals surface area contributed by atoms with Crippen molar-refractivity contribution in [3.63, 3.8) is 0 Å². The SMILES string of the molecule is Cc1cccc(C[NH+]2CCN(C(=O)C[NH+](C)CC(=O)Nc3cc(C)cc(C)c3)CC2)c1. The van der Waals surface area contributed by atoms with Crippen molar-refractivity contribution in [1.82, 2.24) is 4.90 Å². The van der Waals surface area contributed by atoms with E-state index in [-0.39, 0.29) is 18.4 Å². The van der Waals surface area contributed by atoms with E-state index in [1.807, 2.05) is 37.9 Å². The lowest BCUT2D eigenvalue weighted by Gasteiger charge is -2.32. The van der Waals surface area contributed by atoms with Crippen LogP contribution in [0.2, 0.25) is 0 Å². The van der Waals surface area contributed by atoms with Crippen LogP contribution in [0.1, 0.15) is 22.3 Å². The average Bonchev–Trinajstić information content (AvgIpc) is 2.67. The van der Waals surface area contributed by atoms with Crippen LogP contribution in [0, 0.1) is 20.8 Å². The lowest BCUT2D eigenvalue weighted by molar-refractivity contribution is -0.917. The first-order chi connectivity index (χ1) is 14.8. The molecule has 1 saturated heterocycles. The van der Waals surface area contributed by atoms with E-state index in [4.69, 9.17) is 0 Å². The second-order valence-electron chi connectivity index (χ2n) is 9.03. The van der Waals surface area contributed by atoms with Gasteiger partial charge in [0.1, 0.15) is 6.54 Å². The maximum atomic E-state index is 12.7. The molecule has 3 rings (SSSR count). The summed E-state index contributed by atoms with van der Waals surface area (Å²) in [6.07, 6.45) is 0. The summed E-state index contributed by atoms with van der Waals surface area (Å²) >= 11 is 0. The molecule has 2 amide bonds. The zero-order valence-corrected chi connectivity index (χ0v) is 19.3. The van der Waals surface area contributed by atoms with E-state index in [0.717, 1.165) is 54.4 Å². The molecule has 0 aromatic heterocycles. The van der Waals surface area contributed by atoms with Crippen molar-refractivity contribution in [2.75, 3.05) is 51.6 Å². The molecule has 0 aliphatic carbocycles. The summed E-state index contributed by atoms with van der Waals surface area (Å²) in [5.41, 5.74) is 5.70. The van der Waals surface area contributed by atoms with E-state index in [1.165, 1.54) is 16.0 Å². The smallest absolute Gasteiger partial charge is 0.279 e. The first-order valence-corrected chi connectivity index (χ1v) is 11.1. The fraction of sp³-hybridized carbons (Fsp3) is 0.440. The maximum Gasteiger partial charge on any atom is 0.279 e. The summed E-state index contributed by atoms with van der Waals surface area (Å²) in [5, 5.41) is 2.95. The fourth-order valence-electron chi connectivity index (χ4n) is 4.32. The molecule has 2 aromatic carbocycles. The molecule has 0 spiro atoms. The summed E-state index contributed by atoms with van der Waals surface area (Å²) in [5.74, 6) is 0.0639. The number of hydrogen-bond acceptors (Lipinski definition) is 2. The van der Waals surface area contributed by atoms with Crippen LogP contribution in [-0.2, 0) is 16.1 Å². The molecule has 1 aliphatic heterocycles. The Labute approximate surface area is 185 Å². The molecule has 0 radical (unpaired) electrons. The number of carbonyl (C=O) groups is 2. The summed E-state index contributed by atoms with van der Waals surface area (Å²) < 4.78 is 0. The Kier molecular flexibility index (Phi) is 7.82. The fourth-order valence-corrected chi connectivity index (χ4v) is 4.32. The molecule has 31 heavy (non-hydrogen) atoms. The van der Waals surface area contributed by atoms with E-state index in [0.29, 0.717) is 6.54 Å². The third-order valence-electron chi connectivity index (χ3n) is 5.78. The van der Waals surface area contributed by atoms with Gasteiger partial charge in [0.05, 0.1) is 33.2 Å². The van der Waals surface area contributed by atoms with Crippen LogP contribution in [0.15, 0.2) is 42.5 Å². The summed E-state index contributed by atoms with van der Waals surface area (Å²) in [4.78, 5) is 29.5. The van der Waals surface area contributed by atoms with Gasteiger partial charge in [-0.3, -0.25) is 9.59 Å². The lowest BCUT2D eigenvalue weighted by Crippen LogP contribution is -3.14. The van der Waals surface area contributed by atoms with Gasteiger partial charge in [-0.05, 0) is 44.0 Å². The Morgan fingerprint density at radius 3 is 2.29 bits per heavy atom. The van der Waals surface area contributed by atoms with Crippen LogP contribution in [0.25, 0.3) is 0 Å². The monoisotopic (exact) mass is 424 g/mol. The normalized spacial score (nSPS) is 15.5. The van der Waals surface area contributed by atoms with Crippen molar-refractivity contribution in [3.05, 3.63) is 64.7 Å². The number of amides is 2. The minimum Gasteiger partial charge on any atom is -0.328 e. The van der Waals surface area contributed by atoms with Gasteiger partial charge in [-0.2, -0.15) is 0 Å². The number of aryl methyl sites for hydroxylation is 3. The quantitative estimate of drug-likeness (QED) is 0.586. The Morgan fingerprint density at radius 1 is 0.968 bits per heavy atom. The number of piperazine rings is 1. The van der Waals surface area contributed by atoms with Gasteiger partial charge in [-0.1, -0.05) is 35.9 Å². The molecular formula is C25H36N4O2+2. The Morgan fingerprint density at radius 2 is 1.65 bits per heavy atom. The first kappa shape index (κ1) is 23.0. The Balaban J connectivity index is 1.41. The van der Waals surface area contributed by atoms with Gasteiger partial charge in [0, 0.05) is 11.3 Å². The predicted octanol–water partition coefficient (Wildman–Crippen LogP) is -0.00764. The summed E-state index contributed by atoms with van der Waals surface area (Å²) in [7, 11) is 1.90. The van der Waals surface area contributed by atoms with Crippen molar-refractivity contribution in [2.24, 2.45) is 0 Å². The number of rotatable bonds is 7. The van der Waals surface area contributed by atoms with Gasteiger partial charge in [0.2, 0.25) is 0 Å². The van der Waals surface area contributed by atoms with E-state index in [2.05, 4.69) is 42.6 Å². The second kappa shape index (κ2) is 10.6. The van der Waals surface area contributed by atoms with Crippen molar-refractivity contribution < 1.29 is 19.4 Å². The second-order valence-corrected chi connectivity index (χ2v) is 9.03. The number of carbonyl (C=O) groups excluding carboxylic acids is 2. The number of likely N-dealkylation sites (N-methyl/N-ethyl adjacent to an activating group) is 1. The third-order valence-corrected chi connectivity index (χ3v) is 5.78. The molecule has 1 unspecified atom stereocenters. The molecule has 166 valence electrons. The van der Waals surface area contributed by atoms with Gasteiger partial charge < -0.3 is 20.0 Å². The molecule has 6 heteroatoms. The lowest BCUT2D eigenvalue weighted by atomic mass is 10.1. The largest absolute Gasteiger partial charge is 0.328 e. The molecule has 1 atom stereocenters. The number of anilines is 1. The minimum atomic E-state index is -0.0669. The summed E-state index contributed by atoms with van der Waals surface area (Å²) in [6, 6.07) is 14.7. The minimum absolute atomic E-state index is 0.0669. The zero-order chi connectivity index (χ0) is 22.4. The van der Waals surface area contributed by atoms with E-state index < -0.39 is 0 Å². The Bertz CT molecular complexity index is 899. The number of nitrogens with one attached hydrogen (secondary N) is 3. The third kappa shape index (κ3) is 7.19. The van der Waals surface area contributed by atoms with Gasteiger partial charge in [0.15, 0.2) is 13.1 Å². The number of quaternary nitrogens is 2. The van der Waals surface area contributed by atoms with E-state index in [1.54, 1.807) is 0 Å². The maximum absolute atomic E-state index is 12.7. The average molecular weight is 425 g/mol. The standard InChI is InChI=1S/C25H34N4O2/c1-19-6-5-7-22(13-19)16-28-8-10-29(11-9-28)25(31)18-27(4)17-24(30)26-23-14-20(2)12-21(3)15-23/h5-7,12-15H,8-11,16-18H2,1-4H3,(H,26,30)/p+2. The van der Waals surface area contributed by atoms with Crippen LogP contribution in [0.4, 0.5) is 5.69 Å². The van der Waals surface area contributed by atoms with Gasteiger partial charge in [-0.15, -0.1) is 0 Å². The van der Waals surface area contributed by atoms with E-state index in [9.17, 15) is 9.59 Å². The first-order valence-electron chi connectivity index (χ1n) is 11.1. The van der Waals surface area contributed by atoms with Crippen molar-refractivity contribution >= 4 is 17.5 Å². The van der Waals surface area contributed by atoms with Crippen LogP contribution in [-0.4, -0.2) is 63.0 Å². The molecule has 3 N–H and O–H groups in total. The highest BCUT2D eigenvalue weighted by Crippen LogP contribution is 2.13. The zero-order valence-electron chi connectivity index (χ0n) is 19.3. The van der Waals surface area contributed by atoms with Gasteiger partial charge in [0.25, 0.3) is 11.8 Å². The van der Waals surface area contributed by atoms with Crippen LogP contribution < -0.4 is 15.1 Å². The highest BCUT2D eigenvalue weighted by atomic mass is 16.2. The molecule has 1 fully saturated rings. The summed E-state index contributed by atoms with van der Waals surface area (Å²) in [6.45, 7) is 11.3. The molecule has 2 aromatic rings. The highest BCUT2D eigenvalue weighted by Gasteiger charge is 2.26. The highest BCUT2D eigenvalue weighted by molar-refractivity contribution is 5.91. The van der Waals surface area contributed by atoms with Crippen LogP contribution in [0.5, 0.6) is 0 Å².